The van der Waals surface area contributed by atoms with E-state index in [2.05, 4.69) is 42.7 Å². The third-order valence-corrected chi connectivity index (χ3v) is 4.63. The monoisotopic (exact) mass is 301 g/mol. The number of fused-ring (bicyclic) bond motifs is 1. The van der Waals surface area contributed by atoms with Gasteiger partial charge in [-0.2, -0.15) is 0 Å². The number of hydrogen-bond acceptors (Lipinski definition) is 2. The van der Waals surface area contributed by atoms with E-state index < -0.39 is 0 Å². The Morgan fingerprint density at radius 3 is 3.00 bits per heavy atom. The van der Waals surface area contributed by atoms with Gasteiger partial charge in [-0.1, -0.05) is 30.7 Å². The Bertz CT molecular complexity index is 600. The maximum atomic E-state index is 12.5. The molecule has 1 aliphatic heterocycles. The van der Waals surface area contributed by atoms with Crippen LogP contribution in [0.3, 0.4) is 0 Å². The number of amides is 3. The zero-order valence-corrected chi connectivity index (χ0v) is 13.2. The number of nitrogens with one attached hydrogen (secondary N) is 2. The molecule has 2 N–H and O–H groups in total. The van der Waals surface area contributed by atoms with Gasteiger partial charge in [-0.3, -0.25) is 4.79 Å². The number of carbonyl (C=O) groups excluding carboxylic acids is 2. The van der Waals surface area contributed by atoms with E-state index in [0.717, 1.165) is 6.42 Å². The molecule has 5 heteroatoms. The summed E-state index contributed by atoms with van der Waals surface area (Å²) in [7, 11) is 0. The Morgan fingerprint density at radius 1 is 1.36 bits per heavy atom. The van der Waals surface area contributed by atoms with Crippen LogP contribution in [0.25, 0.3) is 0 Å². The lowest BCUT2D eigenvalue weighted by Crippen LogP contribution is -2.43. The number of rotatable bonds is 1. The summed E-state index contributed by atoms with van der Waals surface area (Å²) in [5.41, 5.74) is 3.79. The number of aryl methyl sites for hydroxylation is 1. The largest absolute Gasteiger partial charge is 0.354 e. The van der Waals surface area contributed by atoms with Gasteiger partial charge >= 0.3 is 6.03 Å². The molecule has 0 radical (unpaired) electrons. The molecular weight excluding hydrogens is 278 g/mol. The maximum absolute atomic E-state index is 12.5. The third-order valence-electron chi connectivity index (χ3n) is 4.63. The van der Waals surface area contributed by atoms with Gasteiger partial charge in [0.05, 0.1) is 6.04 Å². The van der Waals surface area contributed by atoms with E-state index in [4.69, 9.17) is 0 Å². The molecule has 1 aromatic carbocycles. The Labute approximate surface area is 131 Å². The van der Waals surface area contributed by atoms with Crippen LogP contribution in [-0.2, 0) is 11.2 Å². The van der Waals surface area contributed by atoms with Crippen LogP contribution < -0.4 is 10.6 Å². The van der Waals surface area contributed by atoms with Crippen molar-refractivity contribution in [2.45, 2.75) is 32.7 Å². The van der Waals surface area contributed by atoms with Gasteiger partial charge in [-0.25, -0.2) is 4.79 Å². The second kappa shape index (κ2) is 5.99. The molecule has 0 unspecified atom stereocenters. The number of urea groups is 1. The molecule has 22 heavy (non-hydrogen) atoms. The minimum Gasteiger partial charge on any atom is -0.354 e. The van der Waals surface area contributed by atoms with Crippen molar-refractivity contribution in [3.63, 3.8) is 0 Å². The molecule has 118 valence electrons. The Morgan fingerprint density at radius 2 is 2.18 bits per heavy atom. The van der Waals surface area contributed by atoms with Crippen molar-refractivity contribution in [1.29, 1.82) is 0 Å². The summed E-state index contributed by atoms with van der Waals surface area (Å²) in [6.07, 6.45) is 1.38. The van der Waals surface area contributed by atoms with Crippen molar-refractivity contribution in [2.75, 3.05) is 19.6 Å². The maximum Gasteiger partial charge on any atom is 0.317 e. The predicted molar refractivity (Wildman–Crippen MR) is 84.5 cm³/mol. The summed E-state index contributed by atoms with van der Waals surface area (Å²) in [5, 5.41) is 5.97. The van der Waals surface area contributed by atoms with E-state index >= 15 is 0 Å². The minimum absolute atomic E-state index is 0.0190. The topological polar surface area (TPSA) is 61.4 Å². The van der Waals surface area contributed by atoms with Gasteiger partial charge in [0.25, 0.3) is 0 Å². The van der Waals surface area contributed by atoms with Crippen LogP contribution in [0.15, 0.2) is 18.2 Å². The lowest BCUT2D eigenvalue weighted by Gasteiger charge is -2.25. The fourth-order valence-corrected chi connectivity index (χ4v) is 3.38. The first-order valence-electron chi connectivity index (χ1n) is 7.96. The van der Waals surface area contributed by atoms with E-state index in [1.165, 1.54) is 16.7 Å². The van der Waals surface area contributed by atoms with Crippen molar-refractivity contribution in [1.82, 2.24) is 15.5 Å². The Balaban J connectivity index is 1.71. The molecule has 0 aromatic heterocycles. The van der Waals surface area contributed by atoms with Gasteiger partial charge in [0, 0.05) is 26.1 Å². The first-order valence-corrected chi connectivity index (χ1v) is 7.96. The highest BCUT2D eigenvalue weighted by molar-refractivity contribution is 5.79. The van der Waals surface area contributed by atoms with Gasteiger partial charge in [0.15, 0.2) is 0 Å². The quantitative estimate of drug-likeness (QED) is 0.830. The minimum atomic E-state index is -0.0669. The van der Waals surface area contributed by atoms with Crippen LogP contribution in [0.2, 0.25) is 0 Å². The highest BCUT2D eigenvalue weighted by atomic mass is 16.2. The molecule has 2 aliphatic rings. The Hall–Kier alpha value is -2.04. The molecule has 0 saturated carbocycles. The van der Waals surface area contributed by atoms with Crippen molar-refractivity contribution in [2.24, 2.45) is 5.92 Å². The smallest absolute Gasteiger partial charge is 0.317 e. The van der Waals surface area contributed by atoms with Crippen LogP contribution >= 0.6 is 0 Å². The van der Waals surface area contributed by atoms with Gasteiger partial charge in [-0.15, -0.1) is 0 Å². The van der Waals surface area contributed by atoms with Gasteiger partial charge in [0.2, 0.25) is 5.91 Å². The van der Waals surface area contributed by atoms with Crippen LogP contribution in [0.5, 0.6) is 0 Å². The van der Waals surface area contributed by atoms with E-state index in [9.17, 15) is 9.59 Å². The average molecular weight is 301 g/mol. The zero-order chi connectivity index (χ0) is 15.7. The van der Waals surface area contributed by atoms with E-state index in [1.807, 2.05) is 0 Å². The molecule has 1 heterocycles. The SMILES string of the molecule is Cc1ccc2c(c1)[C@H](NC(=O)N1CCNC(=O)CC1)[C@H](C)C2. The molecule has 1 aromatic rings. The highest BCUT2D eigenvalue weighted by Gasteiger charge is 2.32. The second-order valence-corrected chi connectivity index (χ2v) is 6.40. The molecule has 1 fully saturated rings. The third kappa shape index (κ3) is 2.93. The summed E-state index contributed by atoms with van der Waals surface area (Å²) >= 11 is 0. The number of carbonyl (C=O) groups is 2. The summed E-state index contributed by atoms with van der Waals surface area (Å²) in [6, 6.07) is 6.47. The normalized spacial score (nSPS) is 24.5. The number of nitrogens with zero attached hydrogens (tertiary/aromatic N) is 1. The molecule has 3 rings (SSSR count). The molecule has 2 atom stereocenters. The molecule has 5 nitrogen and oxygen atoms in total. The molecule has 1 saturated heterocycles. The highest BCUT2D eigenvalue weighted by Crippen LogP contribution is 2.36. The van der Waals surface area contributed by atoms with E-state index in [-0.39, 0.29) is 18.0 Å². The Kier molecular flexibility index (Phi) is 4.05. The zero-order valence-electron chi connectivity index (χ0n) is 13.2. The molecule has 3 amide bonds. The molecule has 1 aliphatic carbocycles. The fourth-order valence-electron chi connectivity index (χ4n) is 3.38. The predicted octanol–water partition coefficient (Wildman–Crippen LogP) is 1.76. The number of hydrogen-bond donors (Lipinski definition) is 2. The standard InChI is InChI=1S/C17H23N3O2/c1-11-3-4-13-10-12(2)16(14(13)9-11)19-17(22)20-7-5-15(21)18-6-8-20/h3-4,9,12,16H,5-8,10H2,1-2H3,(H,18,21)(H,19,22)/t12-,16-/m1/s1. The summed E-state index contributed by atoms with van der Waals surface area (Å²) in [5.74, 6) is 0.415. The fraction of sp³-hybridized carbons (Fsp3) is 0.529. The summed E-state index contributed by atoms with van der Waals surface area (Å²) in [4.78, 5) is 25.6. The molecular formula is C17H23N3O2. The van der Waals surface area contributed by atoms with E-state index in [1.54, 1.807) is 4.90 Å². The second-order valence-electron chi connectivity index (χ2n) is 6.40. The van der Waals surface area contributed by atoms with Gasteiger partial charge < -0.3 is 15.5 Å². The van der Waals surface area contributed by atoms with Crippen LogP contribution in [0.1, 0.15) is 36.1 Å². The van der Waals surface area contributed by atoms with Crippen LogP contribution in [0, 0.1) is 12.8 Å². The lowest BCUT2D eigenvalue weighted by molar-refractivity contribution is -0.120. The first-order chi connectivity index (χ1) is 10.5. The van der Waals surface area contributed by atoms with Crippen molar-refractivity contribution in [3.8, 4) is 0 Å². The van der Waals surface area contributed by atoms with E-state index in [0.29, 0.717) is 32.0 Å². The van der Waals surface area contributed by atoms with Gasteiger partial charge in [0.1, 0.15) is 0 Å². The molecule has 0 spiro atoms. The molecule has 0 bridgehead atoms. The average Bonchev–Trinajstić information content (AvgIpc) is 2.65. The van der Waals surface area contributed by atoms with Crippen molar-refractivity contribution < 1.29 is 9.59 Å². The van der Waals surface area contributed by atoms with Crippen LogP contribution in [-0.4, -0.2) is 36.5 Å². The summed E-state index contributed by atoms with van der Waals surface area (Å²) < 4.78 is 0. The summed E-state index contributed by atoms with van der Waals surface area (Å²) in [6.45, 7) is 5.84. The van der Waals surface area contributed by atoms with Gasteiger partial charge in [-0.05, 0) is 30.4 Å². The lowest BCUT2D eigenvalue weighted by atomic mass is 10.0. The number of benzene rings is 1. The van der Waals surface area contributed by atoms with Crippen molar-refractivity contribution in [3.05, 3.63) is 34.9 Å². The first kappa shape index (κ1) is 14.9. The van der Waals surface area contributed by atoms with Crippen molar-refractivity contribution >= 4 is 11.9 Å². The van der Waals surface area contributed by atoms with Crippen LogP contribution in [0.4, 0.5) is 4.79 Å².